The topological polar surface area (TPSA) is 152 Å². The minimum absolute atomic E-state index is 0. The molecule has 0 saturated heterocycles. The molecule has 0 aromatic heterocycles. The lowest BCUT2D eigenvalue weighted by atomic mass is 9.72. The first kappa shape index (κ1) is 39.5. The third-order valence-electron chi connectivity index (χ3n) is 9.58. The fourth-order valence-corrected chi connectivity index (χ4v) is 7.09. The molecule has 1 aliphatic carbocycles. The molecular weight excluding hydrogens is 682 g/mol. The summed E-state index contributed by atoms with van der Waals surface area (Å²) in [6, 6.07) is 28.7. The zero-order valence-corrected chi connectivity index (χ0v) is 31.5. The average molecular weight is 730 g/mol. The molecule has 0 aliphatic heterocycles. The SMILES string of the molecule is Cc1cc(Cl)ccc1-c1ccc(NC(=O)[C@H](Cc2ccc(C(=O)NCCS(=O)(=O)[O-])cc2)c2ccc(C3=CC[C@H](C(C)(C)C)CC3)cc2)cc1.[NH4+]. The molecule has 51 heavy (non-hydrogen) atoms. The quantitative estimate of drug-likeness (QED) is 0.132. The van der Waals surface area contributed by atoms with Crippen LogP contribution in [0.3, 0.4) is 0 Å². The molecule has 2 amide bonds. The van der Waals surface area contributed by atoms with E-state index in [0.29, 0.717) is 28.6 Å². The summed E-state index contributed by atoms with van der Waals surface area (Å²) in [4.78, 5) is 26.5. The van der Waals surface area contributed by atoms with Crippen molar-refractivity contribution in [1.82, 2.24) is 11.5 Å². The fourth-order valence-electron chi connectivity index (χ4n) is 6.51. The molecule has 4 aromatic carbocycles. The number of hydrogen-bond donors (Lipinski definition) is 3. The van der Waals surface area contributed by atoms with Crippen molar-refractivity contribution in [1.29, 1.82) is 0 Å². The van der Waals surface area contributed by atoms with E-state index in [1.54, 1.807) is 24.3 Å². The molecule has 5 rings (SSSR count). The van der Waals surface area contributed by atoms with Crippen LogP contribution in [0.15, 0.2) is 97.1 Å². The smallest absolute Gasteiger partial charge is 0.251 e. The van der Waals surface area contributed by atoms with Crippen molar-refractivity contribution in [3.05, 3.63) is 130 Å². The molecule has 0 bridgehead atoms. The van der Waals surface area contributed by atoms with E-state index >= 15 is 0 Å². The molecule has 0 fully saturated rings. The van der Waals surface area contributed by atoms with Crippen LogP contribution < -0.4 is 16.8 Å². The molecule has 2 atom stereocenters. The number of amides is 2. The van der Waals surface area contributed by atoms with Gasteiger partial charge in [0.25, 0.3) is 5.91 Å². The van der Waals surface area contributed by atoms with Crippen molar-refractivity contribution in [2.24, 2.45) is 11.3 Å². The highest BCUT2D eigenvalue weighted by Gasteiger charge is 2.27. The number of halogens is 1. The number of benzene rings is 4. The number of quaternary nitrogens is 1. The summed E-state index contributed by atoms with van der Waals surface area (Å²) in [6.45, 7) is 8.66. The fraction of sp³-hybridized carbons (Fsp3) is 0.317. The number of nitrogens with one attached hydrogen (secondary N) is 2. The van der Waals surface area contributed by atoms with Gasteiger partial charge in [0.1, 0.15) is 0 Å². The van der Waals surface area contributed by atoms with Crippen molar-refractivity contribution < 1.29 is 22.6 Å². The molecule has 0 heterocycles. The lowest BCUT2D eigenvalue weighted by Gasteiger charge is -2.33. The van der Waals surface area contributed by atoms with Gasteiger partial charge in [-0.1, -0.05) is 93.0 Å². The summed E-state index contributed by atoms with van der Waals surface area (Å²) < 4.78 is 32.6. The van der Waals surface area contributed by atoms with Gasteiger partial charge in [-0.2, -0.15) is 0 Å². The number of allylic oxidation sites excluding steroid dienone is 2. The van der Waals surface area contributed by atoms with E-state index < -0.39 is 27.7 Å². The summed E-state index contributed by atoms with van der Waals surface area (Å²) >= 11 is 6.15. The van der Waals surface area contributed by atoms with Crippen molar-refractivity contribution in [3.8, 4) is 11.1 Å². The van der Waals surface area contributed by atoms with Gasteiger partial charge in [0, 0.05) is 22.8 Å². The Bertz CT molecular complexity index is 1970. The molecule has 8 nitrogen and oxygen atoms in total. The van der Waals surface area contributed by atoms with Crippen LogP contribution in [0.1, 0.15) is 78.6 Å². The van der Waals surface area contributed by atoms with Crippen LogP contribution in [0.4, 0.5) is 5.69 Å². The van der Waals surface area contributed by atoms with Gasteiger partial charge in [0.05, 0.1) is 21.8 Å². The Balaban J connectivity index is 0.00000583. The zero-order chi connectivity index (χ0) is 36.1. The second kappa shape index (κ2) is 16.8. The maximum atomic E-state index is 14.0. The third kappa shape index (κ3) is 10.9. The third-order valence-corrected chi connectivity index (χ3v) is 10.5. The van der Waals surface area contributed by atoms with E-state index in [4.69, 9.17) is 11.6 Å². The first-order valence-corrected chi connectivity index (χ1v) is 18.9. The Morgan fingerprint density at radius 3 is 2.14 bits per heavy atom. The second-order valence-corrected chi connectivity index (χ2v) is 16.1. The first-order chi connectivity index (χ1) is 23.7. The molecular formula is C41H48ClN3O5S. The molecule has 0 saturated carbocycles. The van der Waals surface area contributed by atoms with Gasteiger partial charge in [-0.3, -0.25) is 9.59 Å². The minimum atomic E-state index is -4.42. The minimum Gasteiger partial charge on any atom is -0.748 e. The second-order valence-electron chi connectivity index (χ2n) is 14.2. The normalized spacial score (nSPS) is 15.3. The van der Waals surface area contributed by atoms with Crippen LogP contribution in [0.25, 0.3) is 16.7 Å². The van der Waals surface area contributed by atoms with Crippen molar-refractivity contribution in [2.45, 2.75) is 59.3 Å². The Labute approximate surface area is 307 Å². The van der Waals surface area contributed by atoms with Crippen molar-refractivity contribution in [3.63, 3.8) is 0 Å². The summed E-state index contributed by atoms with van der Waals surface area (Å²) in [5.41, 5.74) is 8.69. The average Bonchev–Trinajstić information content (AvgIpc) is 3.07. The molecule has 6 N–H and O–H groups in total. The molecule has 0 radical (unpaired) electrons. The number of hydrogen-bond acceptors (Lipinski definition) is 5. The van der Waals surface area contributed by atoms with Crippen LogP contribution in [0, 0.1) is 18.3 Å². The van der Waals surface area contributed by atoms with Gasteiger partial charge in [0.2, 0.25) is 5.91 Å². The van der Waals surface area contributed by atoms with Crippen LogP contribution in [0.2, 0.25) is 5.02 Å². The molecule has 4 aromatic rings. The van der Waals surface area contributed by atoms with E-state index in [-0.39, 0.29) is 24.0 Å². The van der Waals surface area contributed by atoms with E-state index in [1.165, 1.54) is 11.1 Å². The molecule has 0 unspecified atom stereocenters. The summed E-state index contributed by atoms with van der Waals surface area (Å²) in [6.07, 6.45) is 6.01. The maximum Gasteiger partial charge on any atom is 0.251 e. The van der Waals surface area contributed by atoms with Crippen LogP contribution in [0.5, 0.6) is 0 Å². The highest BCUT2D eigenvalue weighted by atomic mass is 35.5. The maximum absolute atomic E-state index is 14.0. The molecule has 1 aliphatic rings. The zero-order valence-electron chi connectivity index (χ0n) is 30.0. The molecule has 270 valence electrons. The molecule has 10 heteroatoms. The van der Waals surface area contributed by atoms with E-state index in [9.17, 15) is 22.6 Å². The largest absolute Gasteiger partial charge is 0.748 e. The van der Waals surface area contributed by atoms with Crippen LogP contribution in [-0.2, 0) is 21.3 Å². The predicted molar refractivity (Wildman–Crippen MR) is 207 cm³/mol. The van der Waals surface area contributed by atoms with Gasteiger partial charge >= 0.3 is 0 Å². The monoisotopic (exact) mass is 729 g/mol. The van der Waals surface area contributed by atoms with Crippen LogP contribution in [-0.4, -0.2) is 37.1 Å². The van der Waals surface area contributed by atoms with Crippen LogP contribution >= 0.6 is 11.6 Å². The van der Waals surface area contributed by atoms with Gasteiger partial charge in [0.15, 0.2) is 0 Å². The Hall–Kier alpha value is -4.28. The highest BCUT2D eigenvalue weighted by Crippen LogP contribution is 2.40. The van der Waals surface area contributed by atoms with Gasteiger partial charge < -0.3 is 21.3 Å². The van der Waals surface area contributed by atoms with Crippen molar-refractivity contribution >= 4 is 44.8 Å². The number of aryl methyl sites for hydroxylation is 1. The van der Waals surface area contributed by atoms with Gasteiger partial charge in [-0.15, -0.1) is 0 Å². The number of anilines is 1. The first-order valence-electron chi connectivity index (χ1n) is 16.9. The van der Waals surface area contributed by atoms with E-state index in [1.807, 2.05) is 61.5 Å². The molecule has 0 spiro atoms. The van der Waals surface area contributed by atoms with E-state index in [2.05, 4.69) is 49.6 Å². The van der Waals surface area contributed by atoms with Crippen molar-refractivity contribution in [2.75, 3.05) is 17.6 Å². The van der Waals surface area contributed by atoms with Gasteiger partial charge in [-0.25, -0.2) is 8.42 Å². The highest BCUT2D eigenvalue weighted by molar-refractivity contribution is 7.85. The predicted octanol–water partition coefficient (Wildman–Crippen LogP) is 9.16. The number of carbonyl (C=O) groups is 2. The Morgan fingerprint density at radius 1 is 0.922 bits per heavy atom. The van der Waals surface area contributed by atoms with Gasteiger partial charge in [-0.05, 0) is 119 Å². The summed E-state index contributed by atoms with van der Waals surface area (Å²) in [5, 5.41) is 6.26. The summed E-state index contributed by atoms with van der Waals surface area (Å²) in [7, 11) is -4.42. The number of carbonyl (C=O) groups excluding carboxylic acids is 2. The standard InChI is InChI=1S/C41H45ClN2O5S.H3N/c1-27-25-35(42)19-22-37(27)31-15-20-36(21-16-31)44-40(46)38(26-28-5-7-33(8-6-28)39(45)43-23-24-50(47,48)49)32-11-9-29(10-12-32)30-13-17-34(18-14-30)41(2,3)4;/h5-13,15-16,19-22,25,34,38H,14,17-18,23-24,26H2,1-4H3,(H,43,45)(H,44,46)(H,47,48,49);1H3/t34-,38+;/m0./s1. The Kier molecular flexibility index (Phi) is 13.0. The number of rotatable bonds is 11. The van der Waals surface area contributed by atoms with E-state index in [0.717, 1.165) is 47.1 Å². The summed E-state index contributed by atoms with van der Waals surface area (Å²) in [5.74, 6) is -1.17. The lowest BCUT2D eigenvalue weighted by Crippen LogP contribution is -2.29. The lowest BCUT2D eigenvalue weighted by molar-refractivity contribution is -0.117. The Morgan fingerprint density at radius 2 is 1.57 bits per heavy atom.